The second kappa shape index (κ2) is 8.39. The molecule has 3 aromatic rings. The van der Waals surface area contributed by atoms with Gasteiger partial charge < -0.3 is 14.6 Å². The van der Waals surface area contributed by atoms with Gasteiger partial charge in [-0.15, -0.1) is 11.3 Å². The van der Waals surface area contributed by atoms with E-state index in [4.69, 9.17) is 20.9 Å². The molecule has 8 heteroatoms. The third-order valence-electron chi connectivity index (χ3n) is 4.73. The molecule has 1 N–H and O–H groups in total. The zero-order chi connectivity index (χ0) is 20.4. The third kappa shape index (κ3) is 4.06. The van der Waals surface area contributed by atoms with Gasteiger partial charge in [-0.05, 0) is 50.3 Å². The van der Waals surface area contributed by atoms with Crippen molar-refractivity contribution in [1.29, 1.82) is 0 Å². The Balaban J connectivity index is 1.60. The number of anilines is 1. The zero-order valence-corrected chi connectivity index (χ0v) is 17.4. The minimum absolute atomic E-state index is 0.126. The Morgan fingerprint density at radius 1 is 1.28 bits per heavy atom. The van der Waals surface area contributed by atoms with E-state index >= 15 is 0 Å². The fraction of sp³-hybridized carbons (Fsp3) is 0.286. The molecule has 2 aromatic heterocycles. The van der Waals surface area contributed by atoms with Crippen molar-refractivity contribution in [3.63, 3.8) is 0 Å². The molecule has 0 atom stereocenters. The van der Waals surface area contributed by atoms with Crippen LogP contribution in [0.15, 0.2) is 34.9 Å². The molecule has 1 aromatic carbocycles. The van der Waals surface area contributed by atoms with Gasteiger partial charge in [-0.1, -0.05) is 28.9 Å². The highest BCUT2D eigenvalue weighted by Crippen LogP contribution is 2.39. The summed E-state index contributed by atoms with van der Waals surface area (Å²) in [4.78, 5) is 26.4. The first-order valence-electron chi connectivity index (χ1n) is 9.42. The van der Waals surface area contributed by atoms with Crippen LogP contribution in [-0.4, -0.2) is 23.6 Å². The summed E-state index contributed by atoms with van der Waals surface area (Å²) in [5.74, 6) is -0.401. The highest BCUT2D eigenvalue weighted by molar-refractivity contribution is 7.17. The van der Waals surface area contributed by atoms with Crippen molar-refractivity contribution in [2.75, 3.05) is 11.9 Å². The maximum absolute atomic E-state index is 12.8. The molecule has 0 fully saturated rings. The number of carbonyl (C=O) groups is 2. The van der Waals surface area contributed by atoms with Gasteiger partial charge >= 0.3 is 5.97 Å². The minimum Gasteiger partial charge on any atom is -0.462 e. The molecule has 150 valence electrons. The SMILES string of the molecule is CCOC(=O)c1c(NC(=O)c2cc(-c3cccc(Cl)c3)on2)sc2c1CCCC2. The lowest BCUT2D eigenvalue weighted by molar-refractivity contribution is 0.0526. The van der Waals surface area contributed by atoms with Crippen molar-refractivity contribution in [1.82, 2.24) is 5.16 Å². The number of halogens is 1. The van der Waals surface area contributed by atoms with Crippen LogP contribution >= 0.6 is 22.9 Å². The van der Waals surface area contributed by atoms with Gasteiger partial charge in [-0.3, -0.25) is 4.79 Å². The van der Waals surface area contributed by atoms with E-state index in [9.17, 15) is 9.59 Å². The van der Waals surface area contributed by atoms with Crippen molar-refractivity contribution in [3.05, 3.63) is 57.1 Å². The van der Waals surface area contributed by atoms with E-state index in [2.05, 4.69) is 10.5 Å². The van der Waals surface area contributed by atoms with Crippen LogP contribution in [0, 0.1) is 0 Å². The molecule has 6 nitrogen and oxygen atoms in total. The summed E-state index contributed by atoms with van der Waals surface area (Å²) in [5, 5.41) is 7.77. The summed E-state index contributed by atoms with van der Waals surface area (Å²) in [6.07, 6.45) is 3.83. The lowest BCUT2D eigenvalue weighted by Crippen LogP contribution is -2.16. The number of amides is 1. The van der Waals surface area contributed by atoms with Crippen LogP contribution in [0.3, 0.4) is 0 Å². The largest absolute Gasteiger partial charge is 0.462 e. The number of rotatable bonds is 5. The number of nitrogens with one attached hydrogen (secondary N) is 1. The highest BCUT2D eigenvalue weighted by atomic mass is 35.5. The van der Waals surface area contributed by atoms with Crippen molar-refractivity contribution in [2.24, 2.45) is 0 Å². The Kier molecular flexibility index (Phi) is 5.69. The van der Waals surface area contributed by atoms with Crippen molar-refractivity contribution in [2.45, 2.75) is 32.6 Å². The fourth-order valence-electron chi connectivity index (χ4n) is 3.40. The van der Waals surface area contributed by atoms with Gasteiger partial charge in [0.05, 0.1) is 12.2 Å². The Bertz CT molecular complexity index is 1070. The van der Waals surface area contributed by atoms with Gasteiger partial charge in [-0.25, -0.2) is 4.79 Å². The molecule has 1 aliphatic rings. The van der Waals surface area contributed by atoms with Crippen molar-refractivity contribution >= 4 is 39.8 Å². The summed E-state index contributed by atoms with van der Waals surface area (Å²) >= 11 is 7.45. The maximum atomic E-state index is 12.8. The van der Waals surface area contributed by atoms with Crippen LogP contribution < -0.4 is 5.32 Å². The van der Waals surface area contributed by atoms with Crippen LogP contribution in [0.2, 0.25) is 5.02 Å². The number of hydrogen-bond acceptors (Lipinski definition) is 6. The lowest BCUT2D eigenvalue weighted by Gasteiger charge is -2.12. The summed E-state index contributed by atoms with van der Waals surface area (Å²) < 4.78 is 10.5. The molecule has 0 unspecified atom stereocenters. The molecule has 0 spiro atoms. The first-order chi connectivity index (χ1) is 14.1. The summed E-state index contributed by atoms with van der Waals surface area (Å²) in [7, 11) is 0. The van der Waals surface area contributed by atoms with Crippen molar-refractivity contribution < 1.29 is 18.8 Å². The molecular weight excluding hydrogens is 412 g/mol. The Morgan fingerprint density at radius 3 is 2.90 bits per heavy atom. The summed E-state index contributed by atoms with van der Waals surface area (Å²) in [6, 6.07) is 8.65. The first kappa shape index (κ1) is 19.7. The topological polar surface area (TPSA) is 81.4 Å². The van der Waals surface area contributed by atoms with E-state index in [-0.39, 0.29) is 12.3 Å². The molecule has 0 saturated carbocycles. The number of carbonyl (C=O) groups excluding carboxylic acids is 2. The predicted molar refractivity (Wildman–Crippen MR) is 112 cm³/mol. The fourth-order valence-corrected chi connectivity index (χ4v) is 4.86. The van der Waals surface area contributed by atoms with Gasteiger partial charge in [0.1, 0.15) is 5.00 Å². The molecule has 4 rings (SSSR count). The number of benzene rings is 1. The van der Waals surface area contributed by atoms with Crippen LogP contribution in [0.4, 0.5) is 5.00 Å². The van der Waals surface area contributed by atoms with Gasteiger partial charge in [0, 0.05) is 21.5 Å². The third-order valence-corrected chi connectivity index (χ3v) is 6.17. The zero-order valence-electron chi connectivity index (χ0n) is 15.8. The molecule has 1 amide bonds. The number of aryl methyl sites for hydroxylation is 1. The molecule has 0 saturated heterocycles. The first-order valence-corrected chi connectivity index (χ1v) is 10.6. The number of nitrogens with zero attached hydrogens (tertiary/aromatic N) is 1. The molecule has 2 heterocycles. The highest BCUT2D eigenvalue weighted by Gasteiger charge is 2.28. The number of aromatic nitrogens is 1. The number of fused-ring (bicyclic) bond motifs is 1. The lowest BCUT2D eigenvalue weighted by atomic mass is 9.95. The van der Waals surface area contributed by atoms with Gasteiger partial charge in [0.25, 0.3) is 5.91 Å². The maximum Gasteiger partial charge on any atom is 0.341 e. The van der Waals surface area contributed by atoms with E-state index in [0.717, 1.165) is 41.7 Å². The molecule has 29 heavy (non-hydrogen) atoms. The smallest absolute Gasteiger partial charge is 0.341 e. The van der Waals surface area contributed by atoms with Crippen LogP contribution in [0.1, 0.15) is 51.1 Å². The molecule has 0 bridgehead atoms. The predicted octanol–water partition coefficient (Wildman–Crippen LogP) is 5.36. The van der Waals surface area contributed by atoms with Gasteiger partial charge in [0.15, 0.2) is 11.5 Å². The average molecular weight is 431 g/mol. The quantitative estimate of drug-likeness (QED) is 0.550. The molecular formula is C21H19ClN2O4S. The minimum atomic E-state index is -0.439. The Hall–Kier alpha value is -2.64. The van der Waals surface area contributed by atoms with E-state index in [0.29, 0.717) is 21.3 Å². The van der Waals surface area contributed by atoms with E-state index in [1.165, 1.54) is 11.3 Å². The van der Waals surface area contributed by atoms with Crippen LogP contribution in [0.5, 0.6) is 0 Å². The summed E-state index contributed by atoms with van der Waals surface area (Å²) in [5.41, 5.74) is 2.32. The molecule has 1 aliphatic carbocycles. The summed E-state index contributed by atoms with van der Waals surface area (Å²) in [6.45, 7) is 2.05. The second-order valence-electron chi connectivity index (χ2n) is 6.68. The number of thiophene rings is 1. The number of ether oxygens (including phenoxy) is 1. The Morgan fingerprint density at radius 2 is 2.10 bits per heavy atom. The van der Waals surface area contributed by atoms with Crippen LogP contribution in [-0.2, 0) is 17.6 Å². The van der Waals surface area contributed by atoms with E-state index in [1.807, 2.05) is 6.07 Å². The second-order valence-corrected chi connectivity index (χ2v) is 8.22. The van der Waals surface area contributed by atoms with Gasteiger partial charge in [0.2, 0.25) is 0 Å². The van der Waals surface area contributed by atoms with Gasteiger partial charge in [-0.2, -0.15) is 0 Å². The van der Waals surface area contributed by atoms with Crippen molar-refractivity contribution in [3.8, 4) is 11.3 Å². The average Bonchev–Trinajstić information content (AvgIpc) is 3.33. The van der Waals surface area contributed by atoms with Crippen LogP contribution in [0.25, 0.3) is 11.3 Å². The Labute approximate surface area is 176 Å². The van der Waals surface area contributed by atoms with E-state index in [1.54, 1.807) is 31.2 Å². The van der Waals surface area contributed by atoms with E-state index < -0.39 is 11.9 Å². The molecule has 0 radical (unpaired) electrons. The normalized spacial score (nSPS) is 13.0. The number of hydrogen-bond donors (Lipinski definition) is 1. The standard InChI is InChI=1S/C21H19ClN2O4S/c1-2-27-21(26)18-14-8-3-4-9-17(14)29-20(18)23-19(25)15-11-16(28-24-15)12-6-5-7-13(22)10-12/h5-7,10-11H,2-4,8-9H2,1H3,(H,23,25). The molecule has 0 aliphatic heterocycles. The monoisotopic (exact) mass is 430 g/mol. The number of esters is 1.